The number of carbonyl (C=O) groups excluding carboxylic acids is 6. The highest BCUT2D eigenvalue weighted by atomic mass is 32.2. The molecule has 6 aliphatic rings. The molecule has 400 valence electrons. The second-order valence-electron chi connectivity index (χ2n) is 19.8. The minimum absolute atomic E-state index is 0.0670. The van der Waals surface area contributed by atoms with Gasteiger partial charge < -0.3 is 60.8 Å². The van der Waals surface area contributed by atoms with Crippen LogP contribution < -0.4 is 30.2 Å². The standard InChI is InChI=1S/C24H26F3N3O9S.C24H29N3O7/c1-29(2)12-5-6-13(39-40(37,38)24(25,26)27)15-10(12)7-9-8-11-17(30(3)4)19(32)16(22(28)35)21(34)23(11,36)20(33)14(9)18(15)31;1-26(2)13-6-7-14(34-5)16-11(13)8-10-9-12-18(27(3)4)20(29)17(23(25)32)22(31)24(12,33)21(30)15(10)19(16)28/h5-6,9,11,17,31,34,36H,7-8H2,1-4H3,(H2,28,35);6-7,10,12,18,28,31,33H,8-9H2,1-5H3,(H2,25,32)/t9-,11-,17-,23-;10-,12-,18-,24-/m00/s1. The average molecular weight is 1060 g/mol. The number of halogens is 3. The fourth-order valence-corrected chi connectivity index (χ4v) is 12.1. The lowest BCUT2D eigenvalue weighted by molar-refractivity contribution is -0.155. The molecule has 2 aromatic rings. The summed E-state index contributed by atoms with van der Waals surface area (Å²) in [5, 5.41) is 67.6. The van der Waals surface area contributed by atoms with Crippen LogP contribution in [0.25, 0.3) is 11.5 Å². The van der Waals surface area contributed by atoms with Gasteiger partial charge in [0.05, 0.1) is 30.3 Å². The number of aliphatic hydroxyl groups is 6. The quantitative estimate of drug-likeness (QED) is 0.0982. The summed E-state index contributed by atoms with van der Waals surface area (Å²) < 4.78 is 72.7. The van der Waals surface area contributed by atoms with E-state index in [2.05, 4.69) is 4.18 Å². The predicted molar refractivity (Wildman–Crippen MR) is 256 cm³/mol. The number of likely N-dealkylation sites (N-methyl/N-ethyl adjacent to an activating group) is 2. The summed E-state index contributed by atoms with van der Waals surface area (Å²) in [7, 11) is 8.21. The number of amides is 2. The van der Waals surface area contributed by atoms with E-state index in [9.17, 15) is 81.0 Å². The van der Waals surface area contributed by atoms with E-state index < -0.39 is 143 Å². The van der Waals surface area contributed by atoms with Crippen molar-refractivity contribution in [2.75, 3.05) is 73.3 Å². The van der Waals surface area contributed by atoms with Gasteiger partial charge in [-0.3, -0.25) is 38.6 Å². The molecule has 26 heteroatoms. The van der Waals surface area contributed by atoms with Gasteiger partial charge in [0.2, 0.25) is 11.6 Å². The first kappa shape index (κ1) is 54.8. The lowest BCUT2D eigenvalue weighted by Crippen LogP contribution is -2.65. The highest BCUT2D eigenvalue weighted by molar-refractivity contribution is 7.88. The molecule has 2 aromatic carbocycles. The molecule has 0 saturated heterocycles. The van der Waals surface area contributed by atoms with Gasteiger partial charge >= 0.3 is 15.6 Å². The van der Waals surface area contributed by atoms with E-state index in [0.29, 0.717) is 23.4 Å². The van der Waals surface area contributed by atoms with Crippen molar-refractivity contribution in [1.29, 1.82) is 0 Å². The SMILES string of the molecule is CN(C)c1ccc(OS(=O)(=O)C(F)(F)F)c2c1C[C@H]1C[C@H]3[C@H](N(C)C)C(=O)C(C(N)=O)=C(O)[C@@]3(O)C(=O)C1=C2O.COc1ccc(N(C)C)c2c1C(O)=C1C(=O)[C@]3(O)C(O)=C(C(N)=O)C(=O)[C@@H](N(C)C)[C@@H]3C[C@@H]1C2. The first-order valence-corrected chi connectivity index (χ1v) is 24.1. The van der Waals surface area contributed by atoms with Crippen LogP contribution in [0.1, 0.15) is 35.1 Å². The van der Waals surface area contributed by atoms with Crippen LogP contribution in [0.15, 0.2) is 58.1 Å². The molecule has 22 nitrogen and oxygen atoms in total. The van der Waals surface area contributed by atoms with Crippen LogP contribution in [0.4, 0.5) is 24.5 Å². The number of anilines is 2. The number of fused-ring (bicyclic) bond motifs is 6. The largest absolute Gasteiger partial charge is 0.534 e. The van der Waals surface area contributed by atoms with Crippen molar-refractivity contribution >= 4 is 68.0 Å². The third-order valence-electron chi connectivity index (χ3n) is 14.8. The molecule has 0 spiro atoms. The van der Waals surface area contributed by atoms with Gasteiger partial charge in [0.25, 0.3) is 11.8 Å². The van der Waals surface area contributed by atoms with E-state index in [-0.39, 0.29) is 36.2 Å². The van der Waals surface area contributed by atoms with Crippen molar-refractivity contribution in [3.05, 3.63) is 80.3 Å². The molecule has 0 aliphatic heterocycles. The summed E-state index contributed by atoms with van der Waals surface area (Å²) in [5.41, 5.74) is -1.20. The minimum Gasteiger partial charge on any atom is -0.508 e. The van der Waals surface area contributed by atoms with Crippen molar-refractivity contribution in [2.45, 2.75) is 54.5 Å². The van der Waals surface area contributed by atoms with Crippen molar-refractivity contribution in [1.82, 2.24) is 9.80 Å². The Morgan fingerprint density at radius 2 is 1.00 bits per heavy atom. The molecular formula is C48H55F3N6O16S. The molecule has 8 atom stereocenters. The van der Waals surface area contributed by atoms with E-state index >= 15 is 0 Å². The molecule has 2 amide bonds. The molecule has 74 heavy (non-hydrogen) atoms. The Labute approximate surface area is 421 Å². The summed E-state index contributed by atoms with van der Waals surface area (Å²) in [6.45, 7) is 0. The number of Topliss-reactive ketones (excluding diaryl/α,β-unsaturated/α-hetero) is 4. The van der Waals surface area contributed by atoms with Gasteiger partial charge in [-0.25, -0.2) is 0 Å². The second kappa shape index (κ2) is 18.4. The zero-order chi connectivity index (χ0) is 55.5. The Bertz CT molecular complexity index is 3110. The van der Waals surface area contributed by atoms with Gasteiger partial charge in [0.1, 0.15) is 39.9 Å². The lowest BCUT2D eigenvalue weighted by Gasteiger charge is -2.50. The molecule has 2 fully saturated rings. The maximum atomic E-state index is 13.9. The molecule has 0 radical (unpaired) electrons. The first-order chi connectivity index (χ1) is 34.1. The Hall–Kier alpha value is -7.00. The summed E-state index contributed by atoms with van der Waals surface area (Å²) in [4.78, 5) is 84.3. The van der Waals surface area contributed by atoms with Crippen LogP contribution in [0.5, 0.6) is 11.5 Å². The zero-order valence-electron chi connectivity index (χ0n) is 41.4. The van der Waals surface area contributed by atoms with E-state index in [4.69, 9.17) is 16.2 Å². The van der Waals surface area contributed by atoms with Crippen molar-refractivity contribution in [2.24, 2.45) is 35.1 Å². The number of rotatable bonds is 9. The molecule has 2 saturated carbocycles. The number of ether oxygens (including phenoxy) is 1. The maximum Gasteiger partial charge on any atom is 0.534 e. The summed E-state index contributed by atoms with van der Waals surface area (Å²) in [6.07, 6.45) is 0.102. The number of methoxy groups -OCH3 is 1. The molecule has 0 heterocycles. The van der Waals surface area contributed by atoms with Crippen LogP contribution >= 0.6 is 0 Å². The van der Waals surface area contributed by atoms with Crippen molar-refractivity contribution < 1.29 is 89.9 Å². The highest BCUT2D eigenvalue weighted by Crippen LogP contribution is 2.56. The Balaban J connectivity index is 0.000000219. The summed E-state index contributed by atoms with van der Waals surface area (Å²) >= 11 is 0. The van der Waals surface area contributed by atoms with Gasteiger partial charge in [0, 0.05) is 62.5 Å². The molecular weight excluding hydrogens is 1010 g/mol. The van der Waals surface area contributed by atoms with Crippen LogP contribution in [0, 0.1) is 23.7 Å². The minimum atomic E-state index is -6.19. The average Bonchev–Trinajstić information content (AvgIpc) is 3.27. The highest BCUT2D eigenvalue weighted by Gasteiger charge is 2.66. The third-order valence-corrected chi connectivity index (χ3v) is 15.8. The Kier molecular flexibility index (Phi) is 13.6. The van der Waals surface area contributed by atoms with Crippen molar-refractivity contribution in [3.8, 4) is 11.5 Å². The third kappa shape index (κ3) is 7.95. The van der Waals surface area contributed by atoms with E-state index in [1.165, 1.54) is 37.1 Å². The number of alkyl halides is 3. The molecule has 0 aromatic heterocycles. The monoisotopic (exact) mass is 1060 g/mol. The van der Waals surface area contributed by atoms with Crippen LogP contribution in [-0.2, 0) is 51.7 Å². The topological polar surface area (TPSA) is 341 Å². The second-order valence-corrected chi connectivity index (χ2v) is 21.3. The number of carbonyl (C=O) groups is 6. The van der Waals surface area contributed by atoms with E-state index in [0.717, 1.165) is 17.3 Å². The van der Waals surface area contributed by atoms with Gasteiger partial charge in [-0.1, -0.05) is 0 Å². The Morgan fingerprint density at radius 1 is 0.649 bits per heavy atom. The summed E-state index contributed by atoms with van der Waals surface area (Å²) in [6, 6.07) is 3.33. The maximum absolute atomic E-state index is 13.9. The molecule has 0 unspecified atom stereocenters. The number of nitrogens with zero attached hydrogens (tertiary/aromatic N) is 4. The fraction of sp³-hybridized carbons (Fsp3) is 0.458. The van der Waals surface area contributed by atoms with Crippen LogP contribution in [-0.4, -0.2) is 176 Å². The number of hydrogen-bond donors (Lipinski definition) is 8. The number of ketones is 4. The molecule has 0 bridgehead atoms. The Morgan fingerprint density at radius 3 is 1.31 bits per heavy atom. The number of primary amides is 2. The number of benzene rings is 2. The fourth-order valence-electron chi connectivity index (χ4n) is 11.7. The predicted octanol–water partition coefficient (Wildman–Crippen LogP) is 0.886. The normalized spacial score (nSPS) is 27.6. The summed E-state index contributed by atoms with van der Waals surface area (Å²) in [5.74, 6) is -14.7. The zero-order valence-corrected chi connectivity index (χ0v) is 42.2. The van der Waals surface area contributed by atoms with Gasteiger partial charge in [-0.05, 0) is 101 Å². The smallest absolute Gasteiger partial charge is 0.508 e. The molecule has 10 N–H and O–H groups in total. The number of aliphatic hydroxyl groups excluding tert-OH is 4. The van der Waals surface area contributed by atoms with Crippen LogP contribution in [0.3, 0.4) is 0 Å². The molecule has 8 rings (SSSR count). The van der Waals surface area contributed by atoms with Gasteiger partial charge in [-0.2, -0.15) is 21.6 Å². The number of hydrogen-bond acceptors (Lipinski definition) is 20. The first-order valence-electron chi connectivity index (χ1n) is 22.6. The van der Waals surface area contributed by atoms with Crippen LogP contribution in [0.2, 0.25) is 0 Å². The number of nitrogens with two attached hydrogens (primary N) is 2. The van der Waals surface area contributed by atoms with Crippen molar-refractivity contribution in [3.63, 3.8) is 0 Å². The van der Waals surface area contributed by atoms with E-state index in [1.54, 1.807) is 39.2 Å². The van der Waals surface area contributed by atoms with Gasteiger partial charge in [-0.15, -0.1) is 0 Å². The molecule has 6 aliphatic carbocycles. The lowest BCUT2D eigenvalue weighted by atomic mass is 9.57. The van der Waals surface area contributed by atoms with E-state index in [1.807, 2.05) is 25.1 Å². The van der Waals surface area contributed by atoms with Gasteiger partial charge in [0.15, 0.2) is 28.5 Å².